The molecule has 6 heterocycles. The van der Waals surface area contributed by atoms with Crippen LogP contribution >= 0.6 is 35.3 Å². The summed E-state index contributed by atoms with van der Waals surface area (Å²) in [5.74, 6) is -30.3. The molecule has 1 fully saturated rings. The third-order valence-electron chi connectivity index (χ3n) is 21.3. The Kier molecular flexibility index (Phi) is 40.5. The molecule has 2 aromatic carbocycles. The van der Waals surface area contributed by atoms with Gasteiger partial charge in [-0.1, -0.05) is 58.0 Å². The van der Waals surface area contributed by atoms with E-state index in [9.17, 15) is 136 Å². The predicted octanol–water partition coefficient (Wildman–Crippen LogP) is 2.90. The summed E-state index contributed by atoms with van der Waals surface area (Å²) in [5.41, 5.74) is 18.9. The van der Waals surface area contributed by atoms with Gasteiger partial charge >= 0.3 is 11.9 Å². The van der Waals surface area contributed by atoms with Gasteiger partial charge in [-0.15, -0.1) is 0 Å². The SMILES string of the molecule is CC(C)C[C@@H]1N=C(O)[C@@H]2CCCN2C(=O)CN=C(O)[C@H](Cc2ccc(O)cc2)N=C(O)[C@@H]2CNCCCC[C@@H](C(=O)O)N=C(O)[C@@H]3N=C(O)[C@H](CC(N)=O)N=C(O)CN=C(O)[C@H]([C@@H](O)C(=O)O)N=C(O)[C@@H]4CSC[C@@H](N=C(O)[C@H](CC(N)=O)N=C(O)[C@H](C)N=C(O)[C@@H](N)CS[C@H]3C)C(O)=N[C@@H](CS[C@@H](C)[C@@H](N=C1O)C(O)=N[C@@H](Cc1c[nH]c3ccccc13)C(O)=N[C@@H](CO)C(O)=N4)C(O)=N2. The number of hydrogen-bond acceptors (Lipinski definition) is 30. The van der Waals surface area contributed by atoms with Gasteiger partial charge in [0.25, 0.3) is 0 Å². The second-order valence-electron chi connectivity index (χ2n) is 32.3. The molecule has 738 valence electrons. The lowest BCUT2D eigenvalue weighted by Crippen LogP contribution is -2.43. The van der Waals surface area contributed by atoms with Gasteiger partial charge in [0.15, 0.2) is 30.1 Å². The van der Waals surface area contributed by atoms with Crippen LogP contribution in [-0.2, 0) is 36.8 Å². The molecular formula is C82H115N23O27S3. The summed E-state index contributed by atoms with van der Waals surface area (Å²) in [6, 6.07) is -20.7. The number of phenols is 1. The number of aliphatic hydroxyl groups excluding tert-OH is 19. The molecule has 0 radical (unpaired) electrons. The molecule has 5 aliphatic heterocycles. The fraction of sp³-hybridized carbons (Fsp3) is 0.561. The Morgan fingerprint density at radius 3 is 1.64 bits per heavy atom. The topological polar surface area (TPSA) is 850 Å². The lowest BCUT2D eigenvalue weighted by molar-refractivity contribution is -0.147. The van der Waals surface area contributed by atoms with Gasteiger partial charge in [0.2, 0.25) is 112 Å². The van der Waals surface area contributed by atoms with E-state index in [4.69, 9.17) is 17.2 Å². The summed E-state index contributed by atoms with van der Waals surface area (Å²) in [6.45, 7) is 3.08. The van der Waals surface area contributed by atoms with E-state index in [0.29, 0.717) is 45.6 Å². The van der Waals surface area contributed by atoms with Gasteiger partial charge < -0.3 is 145 Å². The van der Waals surface area contributed by atoms with Crippen LogP contribution in [0.15, 0.2) is 140 Å². The van der Waals surface area contributed by atoms with Gasteiger partial charge in [0.1, 0.15) is 97.4 Å². The van der Waals surface area contributed by atoms with Crippen LogP contribution in [0.25, 0.3) is 10.9 Å². The van der Waals surface area contributed by atoms with E-state index in [0.717, 1.165) is 18.7 Å². The van der Waals surface area contributed by atoms with Crippen molar-refractivity contribution >= 4 is 176 Å². The van der Waals surface area contributed by atoms with Crippen LogP contribution in [0.4, 0.5) is 0 Å². The molecule has 1 aromatic heterocycles. The standard InChI is InChI=1S/C82H115N23O27S3/c1-35(2)21-46-70(118)102-62-38(5)135-34-55-75(123)97-51(72(120)94-47(22-39-15-17-41(107)18-16-39)67(115)89-29-60(111)105-20-10-14-56(105)77(125)95-46)27-86-19-9-8-13-45(81(129)130)92-79(127)61-37(4)134-31-43(83)66(114)90-36(3)65(113)93-50(25-58(85)109)69(117)99-53(74(122)101-55)32-133-33-54(76(124)104-63(64(112)82(131)132)78(126)88-28-59(110)91-49(24-57(84)108)71(119)103-61)100-73(121)52(30-106)98-68(116)48(96-80(62)128)23-40-26-87-44-12-7-6-11-42(40)44/h6-7,11-12,15-18,26,35-38,43,45-56,61-64,86-87,106-107,112H,8-10,13-14,19-25,27-34,83H2,1-5H3,(H2,84,108)(H2,85,109)(H,88,126)(H,89,115)(H,90,114)(H,91,110)(H,92,127)(H,93,113)(H,94,120)(H,95,125)(H,96,128)(H,97,123)(H,98,116)(H,99,117)(H,100,121)(H,101,122)(H,102,118)(H,103,119)(H,104,124)(H,129,130)(H,131,132)/t36-,37-,38-,43-,45-,46-,47-,48-,49-,50-,51-,52-,53+,54-,55-,56-,61+,62+,63-,64+/m0/s1. The molecule has 0 aliphatic carbocycles. The number of aliphatic hydroxyl groups is 19. The van der Waals surface area contributed by atoms with Crippen LogP contribution < -0.4 is 22.5 Å². The predicted molar refractivity (Wildman–Crippen MR) is 513 cm³/mol. The number of primary amides is 2. The first-order chi connectivity index (χ1) is 63.9. The number of carbonyl (C=O) groups is 5. The molecular weight excluding hydrogens is 1840 g/mol. The third-order valence-corrected chi connectivity index (χ3v) is 25.0. The molecule has 1 saturated heterocycles. The highest BCUT2D eigenvalue weighted by atomic mass is 32.2. The molecule has 3 aromatic rings. The number of fused-ring (bicyclic) bond motifs is 18. The maximum atomic E-state index is 14.5. The van der Waals surface area contributed by atoms with E-state index >= 15 is 0 Å². The molecule has 0 unspecified atom stereocenters. The number of aromatic hydroxyl groups is 1. The molecule has 30 N–H and O–H groups in total. The average molecular weight is 1950 g/mol. The molecule has 0 spiro atoms. The van der Waals surface area contributed by atoms with Crippen molar-refractivity contribution in [3.05, 3.63) is 65.9 Å². The van der Waals surface area contributed by atoms with Crippen molar-refractivity contribution in [2.45, 2.75) is 218 Å². The van der Waals surface area contributed by atoms with Crippen LogP contribution in [0.3, 0.4) is 0 Å². The summed E-state index contributed by atoms with van der Waals surface area (Å²) >= 11 is 1.91. The summed E-state index contributed by atoms with van der Waals surface area (Å²) in [6.07, 6.45) is -4.66. The quantitative estimate of drug-likeness (QED) is 0.103. The minimum Gasteiger partial charge on any atom is -0.508 e. The highest BCUT2D eigenvalue weighted by molar-refractivity contribution is 8.00. The van der Waals surface area contributed by atoms with Crippen molar-refractivity contribution in [2.75, 3.05) is 62.3 Å². The Morgan fingerprint density at radius 1 is 0.504 bits per heavy atom. The van der Waals surface area contributed by atoms with Crippen LogP contribution in [0.2, 0.25) is 0 Å². The van der Waals surface area contributed by atoms with Crippen LogP contribution in [0, 0.1) is 5.92 Å². The number of hydrogen-bond donors (Lipinski definition) is 27. The first kappa shape index (κ1) is 107. The zero-order valence-electron chi connectivity index (χ0n) is 73.8. The van der Waals surface area contributed by atoms with Crippen LogP contribution in [0.1, 0.15) is 97.1 Å². The highest BCUT2D eigenvalue weighted by Crippen LogP contribution is 2.30. The van der Waals surface area contributed by atoms with E-state index in [2.05, 4.69) is 95.2 Å². The monoisotopic (exact) mass is 1950 g/mol. The number of rotatable bonds is 14. The summed E-state index contributed by atoms with van der Waals surface area (Å²) < 4.78 is 0. The number of aliphatic imine (C=N–C) groups is 17. The number of aliphatic carboxylic acids is 2. The van der Waals surface area contributed by atoms with Gasteiger partial charge in [-0.3, -0.25) is 14.4 Å². The average Bonchev–Trinajstić information content (AvgIpc) is 1.72. The Hall–Kier alpha value is -13.0. The van der Waals surface area contributed by atoms with E-state index in [1.807, 2.05) is 0 Å². The largest absolute Gasteiger partial charge is 0.508 e. The maximum absolute atomic E-state index is 14.5. The number of thioether (sulfide) groups is 3. The number of nitrogens with one attached hydrogen (secondary N) is 2. The van der Waals surface area contributed by atoms with Gasteiger partial charge in [-0.2, -0.15) is 35.3 Å². The second-order valence-corrected chi connectivity index (χ2v) is 36.2. The van der Waals surface area contributed by atoms with Crippen molar-refractivity contribution < 1.29 is 136 Å². The lowest BCUT2D eigenvalue weighted by atomic mass is 10.0. The summed E-state index contributed by atoms with van der Waals surface area (Å²) in [4.78, 5) is 142. The Bertz CT molecular complexity index is 5210. The first-order valence-corrected chi connectivity index (χ1v) is 45.8. The summed E-state index contributed by atoms with van der Waals surface area (Å²) in [7, 11) is 0. The van der Waals surface area contributed by atoms with Crippen molar-refractivity contribution in [2.24, 2.45) is 108 Å². The zero-order valence-corrected chi connectivity index (χ0v) is 76.3. The number of amides is 3. The van der Waals surface area contributed by atoms with Crippen LogP contribution in [-0.4, -0.2) is 434 Å². The number of nitrogens with zero attached hydrogens (tertiary/aromatic N) is 18. The second kappa shape index (κ2) is 50.9. The number of benzene rings is 2. The third kappa shape index (κ3) is 31.8. The van der Waals surface area contributed by atoms with Gasteiger partial charge in [-0.05, 0) is 87.2 Å². The molecule has 50 nitrogen and oxygen atoms in total. The number of carboxylic acids is 2. The number of aromatic amines is 1. The van der Waals surface area contributed by atoms with Gasteiger partial charge in [0.05, 0.1) is 25.5 Å². The molecule has 53 heteroatoms. The number of carboxylic acid groups (broad SMARTS) is 2. The van der Waals surface area contributed by atoms with Crippen molar-refractivity contribution in [1.82, 2.24) is 15.2 Å². The van der Waals surface area contributed by atoms with E-state index in [-0.39, 0.29) is 57.4 Å². The highest BCUT2D eigenvalue weighted by Gasteiger charge is 2.40. The Balaban J connectivity index is 1.55. The number of para-hydroxylation sites is 1. The van der Waals surface area contributed by atoms with Crippen molar-refractivity contribution in [3.63, 3.8) is 0 Å². The lowest BCUT2D eigenvalue weighted by Gasteiger charge is -2.25. The van der Waals surface area contributed by atoms with Crippen molar-refractivity contribution in [1.29, 1.82) is 0 Å². The molecule has 8 rings (SSSR count). The zero-order chi connectivity index (χ0) is 99.4. The normalized spacial score (nSPS) is 29.0. The van der Waals surface area contributed by atoms with Crippen molar-refractivity contribution in [3.8, 4) is 5.75 Å². The number of aromatic nitrogens is 1. The molecule has 3 amide bonds. The molecule has 5 aliphatic rings. The minimum absolute atomic E-state index is 0.00641. The van der Waals surface area contributed by atoms with Crippen LogP contribution in [0.5, 0.6) is 5.75 Å². The summed E-state index contributed by atoms with van der Waals surface area (Å²) in [5, 5.41) is 263. The maximum Gasteiger partial charge on any atom is 0.335 e. The fourth-order valence-corrected chi connectivity index (χ4v) is 17.1. The van der Waals surface area contributed by atoms with E-state index in [1.165, 1.54) is 49.2 Å². The molecule has 20 atom stereocenters. The molecule has 135 heavy (non-hydrogen) atoms. The van der Waals surface area contributed by atoms with E-state index in [1.54, 1.807) is 38.1 Å². The van der Waals surface area contributed by atoms with Gasteiger partial charge in [0, 0.05) is 76.5 Å². The van der Waals surface area contributed by atoms with Gasteiger partial charge in [-0.25, -0.2) is 94.5 Å². The number of H-pyrrole nitrogens is 1. The number of phenolic OH excluding ortho intramolecular Hbond substituents is 1. The fourth-order valence-electron chi connectivity index (χ4n) is 14.0. The number of nitrogens with two attached hydrogens (primary N) is 3. The first-order valence-electron chi connectivity index (χ1n) is 42.6. The smallest absolute Gasteiger partial charge is 0.335 e. The number of carbonyl (C=O) groups excluding carboxylic acids is 3. The molecule has 0 saturated carbocycles. The Morgan fingerprint density at radius 2 is 1.02 bits per heavy atom. The Labute approximate surface area is 783 Å². The minimum atomic E-state index is -2.96. The molecule has 6 bridgehead atoms. The van der Waals surface area contributed by atoms with E-state index < -0.39 is 330 Å².